The van der Waals surface area contributed by atoms with Gasteiger partial charge in [-0.3, -0.25) is 0 Å². The van der Waals surface area contributed by atoms with Gasteiger partial charge in [-0.2, -0.15) is 4.58 Å². The van der Waals surface area contributed by atoms with Gasteiger partial charge < -0.3 is 9.47 Å². The lowest BCUT2D eigenvalue weighted by molar-refractivity contribution is -0.594. The number of benzene rings is 1. The second-order valence-corrected chi connectivity index (χ2v) is 5.57. The SMILES string of the molecule is COc1cc(C)c2c(c1)C=[N+](C1CCCCC1)CO2. The maximum atomic E-state index is 5.96. The Bertz CT molecular complexity index is 502. The molecule has 102 valence electrons. The van der Waals surface area contributed by atoms with E-state index < -0.39 is 0 Å². The van der Waals surface area contributed by atoms with Crippen LogP contribution in [0.1, 0.15) is 43.2 Å². The first kappa shape index (κ1) is 12.5. The first-order valence-electron chi connectivity index (χ1n) is 7.20. The largest absolute Gasteiger partial charge is 0.497 e. The minimum absolute atomic E-state index is 0.647. The molecule has 0 saturated heterocycles. The van der Waals surface area contributed by atoms with E-state index in [-0.39, 0.29) is 0 Å². The zero-order valence-corrected chi connectivity index (χ0v) is 11.8. The fourth-order valence-electron chi connectivity index (χ4n) is 3.16. The lowest BCUT2D eigenvalue weighted by Gasteiger charge is -2.24. The van der Waals surface area contributed by atoms with Gasteiger partial charge in [0.1, 0.15) is 11.5 Å². The molecular weight excluding hydrogens is 238 g/mol. The van der Waals surface area contributed by atoms with E-state index in [2.05, 4.69) is 23.8 Å². The predicted molar refractivity (Wildman–Crippen MR) is 75.5 cm³/mol. The molecule has 3 heteroatoms. The van der Waals surface area contributed by atoms with E-state index in [9.17, 15) is 0 Å². The Labute approximate surface area is 114 Å². The topological polar surface area (TPSA) is 21.5 Å². The summed E-state index contributed by atoms with van der Waals surface area (Å²) in [7, 11) is 1.71. The number of rotatable bonds is 2. The summed E-state index contributed by atoms with van der Waals surface area (Å²) in [6, 6.07) is 4.74. The summed E-state index contributed by atoms with van der Waals surface area (Å²) < 4.78 is 13.7. The molecule has 0 unspecified atom stereocenters. The average Bonchev–Trinajstić information content (AvgIpc) is 2.47. The lowest BCUT2D eigenvalue weighted by atomic mass is 9.95. The highest BCUT2D eigenvalue weighted by Gasteiger charge is 2.28. The van der Waals surface area contributed by atoms with Crippen molar-refractivity contribution in [2.24, 2.45) is 0 Å². The Morgan fingerprint density at radius 3 is 2.74 bits per heavy atom. The Balaban J connectivity index is 1.92. The second-order valence-electron chi connectivity index (χ2n) is 5.57. The maximum absolute atomic E-state index is 5.96. The van der Waals surface area contributed by atoms with Gasteiger partial charge in [0.2, 0.25) is 0 Å². The quantitative estimate of drug-likeness (QED) is 0.762. The Hall–Kier alpha value is -1.51. The molecule has 1 aliphatic carbocycles. The summed E-state index contributed by atoms with van der Waals surface area (Å²) in [6.07, 6.45) is 8.91. The molecule has 0 spiro atoms. The number of ether oxygens (including phenoxy) is 2. The van der Waals surface area contributed by atoms with Crippen LogP contribution in [-0.2, 0) is 0 Å². The van der Waals surface area contributed by atoms with E-state index >= 15 is 0 Å². The molecule has 19 heavy (non-hydrogen) atoms. The minimum Gasteiger partial charge on any atom is -0.497 e. The monoisotopic (exact) mass is 260 g/mol. The van der Waals surface area contributed by atoms with Crippen LogP contribution in [0, 0.1) is 6.92 Å². The highest BCUT2D eigenvalue weighted by Crippen LogP contribution is 2.31. The van der Waals surface area contributed by atoms with Crippen LogP contribution in [0.2, 0.25) is 0 Å². The van der Waals surface area contributed by atoms with Gasteiger partial charge in [0.15, 0.2) is 12.3 Å². The number of nitrogens with zero attached hydrogens (tertiary/aromatic N) is 1. The summed E-state index contributed by atoms with van der Waals surface area (Å²) in [5.74, 6) is 1.91. The standard InChI is InChI=1S/C16H22NO2/c1-12-8-15(18-2)9-13-10-17(11-19-16(12)13)14-6-4-3-5-7-14/h8-10,14H,3-7,11H2,1-2H3/q+1. The molecule has 0 bridgehead atoms. The Kier molecular flexibility index (Phi) is 3.45. The highest BCUT2D eigenvalue weighted by atomic mass is 16.5. The van der Waals surface area contributed by atoms with Gasteiger partial charge in [-0.1, -0.05) is 6.42 Å². The van der Waals surface area contributed by atoms with Crippen LogP contribution >= 0.6 is 0 Å². The number of fused-ring (bicyclic) bond motifs is 1. The molecule has 1 heterocycles. The van der Waals surface area contributed by atoms with Gasteiger partial charge in [-0.05, 0) is 37.5 Å². The molecule has 0 radical (unpaired) electrons. The van der Waals surface area contributed by atoms with Gasteiger partial charge in [-0.15, -0.1) is 0 Å². The van der Waals surface area contributed by atoms with E-state index in [0.717, 1.165) is 22.6 Å². The van der Waals surface area contributed by atoms with E-state index in [4.69, 9.17) is 9.47 Å². The van der Waals surface area contributed by atoms with E-state index in [1.54, 1.807) is 7.11 Å². The molecule has 1 fully saturated rings. The molecule has 2 aliphatic rings. The van der Waals surface area contributed by atoms with Crippen molar-refractivity contribution in [1.82, 2.24) is 0 Å². The lowest BCUT2D eigenvalue weighted by Crippen LogP contribution is -2.35. The van der Waals surface area contributed by atoms with Crippen molar-refractivity contribution < 1.29 is 14.0 Å². The highest BCUT2D eigenvalue weighted by molar-refractivity contribution is 5.82. The Morgan fingerprint density at radius 2 is 2.00 bits per heavy atom. The van der Waals surface area contributed by atoms with Gasteiger partial charge in [0.05, 0.1) is 12.7 Å². The number of hydrogen-bond acceptors (Lipinski definition) is 2. The first-order chi connectivity index (χ1) is 9.28. The molecule has 1 saturated carbocycles. The van der Waals surface area contributed by atoms with Crippen molar-refractivity contribution in [2.75, 3.05) is 13.8 Å². The van der Waals surface area contributed by atoms with E-state index in [1.807, 2.05) is 6.07 Å². The summed E-state index contributed by atoms with van der Waals surface area (Å²) in [6.45, 7) is 2.76. The van der Waals surface area contributed by atoms with Crippen LogP contribution in [-0.4, -0.2) is 30.7 Å². The fraction of sp³-hybridized carbons (Fsp3) is 0.562. The van der Waals surface area contributed by atoms with Crippen molar-refractivity contribution in [3.8, 4) is 11.5 Å². The molecule has 3 nitrogen and oxygen atoms in total. The summed E-state index contributed by atoms with van der Waals surface area (Å²) in [4.78, 5) is 0. The molecule has 0 aromatic heterocycles. The summed E-state index contributed by atoms with van der Waals surface area (Å²) in [5, 5.41) is 0. The molecule has 0 amide bonds. The van der Waals surface area contributed by atoms with Crippen molar-refractivity contribution in [1.29, 1.82) is 0 Å². The molecule has 1 aromatic carbocycles. The summed E-state index contributed by atoms with van der Waals surface area (Å²) in [5.41, 5.74) is 2.29. The molecular formula is C16H22NO2+. The third kappa shape index (κ3) is 2.46. The minimum atomic E-state index is 0.647. The molecule has 1 aromatic rings. The van der Waals surface area contributed by atoms with Crippen LogP contribution in [0.25, 0.3) is 0 Å². The van der Waals surface area contributed by atoms with Gasteiger partial charge in [0.25, 0.3) is 6.73 Å². The smallest absolute Gasteiger partial charge is 0.287 e. The van der Waals surface area contributed by atoms with Crippen LogP contribution in [0.5, 0.6) is 11.5 Å². The van der Waals surface area contributed by atoms with Crippen LogP contribution in [0.3, 0.4) is 0 Å². The molecule has 3 rings (SSSR count). The fourth-order valence-corrected chi connectivity index (χ4v) is 3.16. The van der Waals surface area contributed by atoms with E-state index in [1.165, 1.54) is 32.1 Å². The van der Waals surface area contributed by atoms with Crippen LogP contribution < -0.4 is 9.47 Å². The van der Waals surface area contributed by atoms with Gasteiger partial charge in [0, 0.05) is 12.8 Å². The molecule has 0 N–H and O–H groups in total. The second kappa shape index (κ2) is 5.24. The number of aryl methyl sites for hydroxylation is 1. The first-order valence-corrected chi connectivity index (χ1v) is 7.20. The van der Waals surface area contributed by atoms with Crippen molar-refractivity contribution in [3.63, 3.8) is 0 Å². The third-order valence-corrected chi connectivity index (χ3v) is 4.22. The molecule has 1 aliphatic heterocycles. The van der Waals surface area contributed by atoms with Crippen molar-refractivity contribution in [2.45, 2.75) is 45.1 Å². The predicted octanol–water partition coefficient (Wildman–Crippen LogP) is 3.12. The van der Waals surface area contributed by atoms with Crippen LogP contribution in [0.15, 0.2) is 12.1 Å². The number of hydrogen-bond donors (Lipinski definition) is 0. The van der Waals surface area contributed by atoms with Crippen LogP contribution in [0.4, 0.5) is 0 Å². The van der Waals surface area contributed by atoms with Gasteiger partial charge in [-0.25, -0.2) is 0 Å². The maximum Gasteiger partial charge on any atom is 0.287 e. The normalized spacial score (nSPS) is 19.4. The van der Waals surface area contributed by atoms with E-state index in [0.29, 0.717) is 12.8 Å². The Morgan fingerprint density at radius 1 is 1.21 bits per heavy atom. The molecule has 0 atom stereocenters. The zero-order chi connectivity index (χ0) is 13.2. The summed E-state index contributed by atoms with van der Waals surface area (Å²) >= 11 is 0. The van der Waals surface area contributed by atoms with Crippen molar-refractivity contribution in [3.05, 3.63) is 23.3 Å². The van der Waals surface area contributed by atoms with Gasteiger partial charge >= 0.3 is 0 Å². The van der Waals surface area contributed by atoms with Crippen molar-refractivity contribution >= 4 is 6.21 Å². The zero-order valence-electron chi connectivity index (χ0n) is 11.8. The number of methoxy groups -OCH3 is 1. The third-order valence-electron chi connectivity index (χ3n) is 4.22. The average molecular weight is 260 g/mol.